The molecular formula is C14H18BrFN4. The van der Waals surface area contributed by atoms with Crippen LogP contribution in [0.1, 0.15) is 37.2 Å². The van der Waals surface area contributed by atoms with Gasteiger partial charge in [0.2, 0.25) is 0 Å². The van der Waals surface area contributed by atoms with Crippen LogP contribution in [0.2, 0.25) is 0 Å². The lowest BCUT2D eigenvalue weighted by molar-refractivity contribution is 0.505. The Kier molecular flexibility index (Phi) is 4.91. The first kappa shape index (κ1) is 15.2. The van der Waals surface area contributed by atoms with Crippen molar-refractivity contribution in [3.63, 3.8) is 0 Å². The summed E-state index contributed by atoms with van der Waals surface area (Å²) in [7, 11) is 0. The molecule has 1 unspecified atom stereocenters. The second-order valence-corrected chi connectivity index (χ2v) is 5.92. The molecule has 1 aromatic heterocycles. The van der Waals surface area contributed by atoms with Crippen molar-refractivity contribution < 1.29 is 4.39 Å². The molecule has 3 N–H and O–H groups in total. The molecule has 1 heterocycles. The minimum atomic E-state index is -0.290. The predicted molar refractivity (Wildman–Crippen MR) is 80.5 cm³/mol. The number of nitrogens with two attached hydrogens (primary N) is 1. The van der Waals surface area contributed by atoms with Gasteiger partial charge in [0.05, 0.1) is 11.7 Å². The molecule has 0 bridgehead atoms. The Hall–Kier alpha value is -1.24. The summed E-state index contributed by atoms with van der Waals surface area (Å²) in [6.45, 7) is 4.14. The van der Waals surface area contributed by atoms with Crippen molar-refractivity contribution in [2.75, 3.05) is 0 Å². The molecule has 0 spiro atoms. The topological polar surface area (TPSA) is 55.9 Å². The van der Waals surface area contributed by atoms with E-state index in [1.165, 1.54) is 12.1 Å². The number of rotatable bonds is 5. The van der Waals surface area contributed by atoms with E-state index in [1.54, 1.807) is 0 Å². The van der Waals surface area contributed by atoms with Crippen LogP contribution in [0.4, 0.5) is 4.39 Å². The minimum Gasteiger partial charge on any atom is -0.271 e. The molecule has 4 nitrogen and oxygen atoms in total. The van der Waals surface area contributed by atoms with Crippen molar-refractivity contribution in [2.45, 2.75) is 32.4 Å². The molecule has 2 rings (SSSR count). The van der Waals surface area contributed by atoms with Gasteiger partial charge in [-0.3, -0.25) is 16.0 Å². The fraction of sp³-hybridized carbons (Fsp3) is 0.357. The maximum atomic E-state index is 13.5. The zero-order valence-electron chi connectivity index (χ0n) is 11.5. The first-order valence-electron chi connectivity index (χ1n) is 6.45. The SMILES string of the molecule is CC(C)n1ccc(CC(NN)c2cc(F)cc(Br)c2)n1. The van der Waals surface area contributed by atoms with Gasteiger partial charge in [-0.2, -0.15) is 5.10 Å². The van der Waals surface area contributed by atoms with E-state index >= 15 is 0 Å². The smallest absolute Gasteiger partial charge is 0.124 e. The molecule has 0 radical (unpaired) electrons. The van der Waals surface area contributed by atoms with Gasteiger partial charge in [-0.15, -0.1) is 0 Å². The van der Waals surface area contributed by atoms with E-state index in [1.807, 2.05) is 23.0 Å². The summed E-state index contributed by atoms with van der Waals surface area (Å²) in [5.41, 5.74) is 4.43. The van der Waals surface area contributed by atoms with Crippen molar-refractivity contribution in [1.82, 2.24) is 15.2 Å². The van der Waals surface area contributed by atoms with Crippen LogP contribution in [0.5, 0.6) is 0 Å². The lowest BCUT2D eigenvalue weighted by Crippen LogP contribution is -2.29. The van der Waals surface area contributed by atoms with E-state index < -0.39 is 0 Å². The van der Waals surface area contributed by atoms with Gasteiger partial charge in [-0.25, -0.2) is 4.39 Å². The standard InChI is InChI=1S/C14H18BrFN4/c1-9(2)20-4-3-13(19-20)8-14(18-17)10-5-11(15)7-12(16)6-10/h3-7,9,14,18H,8,17H2,1-2H3. The van der Waals surface area contributed by atoms with Crippen LogP contribution in [0.3, 0.4) is 0 Å². The molecule has 0 saturated carbocycles. The lowest BCUT2D eigenvalue weighted by Gasteiger charge is -2.15. The zero-order chi connectivity index (χ0) is 14.7. The maximum absolute atomic E-state index is 13.5. The Morgan fingerprint density at radius 2 is 2.15 bits per heavy atom. The van der Waals surface area contributed by atoms with E-state index in [0.717, 1.165) is 11.3 Å². The predicted octanol–water partition coefficient (Wildman–Crippen LogP) is 3.11. The molecule has 6 heteroatoms. The van der Waals surface area contributed by atoms with Crippen molar-refractivity contribution in [2.24, 2.45) is 5.84 Å². The number of hydrogen-bond acceptors (Lipinski definition) is 3. The third-order valence-electron chi connectivity index (χ3n) is 3.09. The highest BCUT2D eigenvalue weighted by molar-refractivity contribution is 9.10. The third-order valence-corrected chi connectivity index (χ3v) is 3.55. The van der Waals surface area contributed by atoms with E-state index in [4.69, 9.17) is 5.84 Å². The highest BCUT2D eigenvalue weighted by Gasteiger charge is 2.14. The van der Waals surface area contributed by atoms with Crippen molar-refractivity contribution in [1.29, 1.82) is 0 Å². The Bertz CT molecular complexity index is 562. The highest BCUT2D eigenvalue weighted by atomic mass is 79.9. The van der Waals surface area contributed by atoms with E-state index in [2.05, 4.69) is 40.3 Å². The molecule has 1 atom stereocenters. The highest BCUT2D eigenvalue weighted by Crippen LogP contribution is 2.22. The van der Waals surface area contributed by atoms with E-state index in [9.17, 15) is 4.39 Å². The first-order valence-corrected chi connectivity index (χ1v) is 7.25. The second kappa shape index (κ2) is 6.47. The molecule has 0 aliphatic heterocycles. The Balaban J connectivity index is 2.19. The zero-order valence-corrected chi connectivity index (χ0v) is 13.1. The normalized spacial score (nSPS) is 12.9. The van der Waals surface area contributed by atoms with Gasteiger partial charge in [0.1, 0.15) is 5.82 Å². The number of hydrazine groups is 1. The molecule has 0 saturated heterocycles. The number of hydrogen-bond donors (Lipinski definition) is 2. The fourth-order valence-electron chi connectivity index (χ4n) is 2.03. The van der Waals surface area contributed by atoms with Crippen LogP contribution in [0.25, 0.3) is 0 Å². The van der Waals surface area contributed by atoms with Crippen LogP contribution in [-0.2, 0) is 6.42 Å². The summed E-state index contributed by atoms with van der Waals surface area (Å²) in [6.07, 6.45) is 2.54. The van der Waals surface area contributed by atoms with Crippen LogP contribution in [0.15, 0.2) is 34.9 Å². The van der Waals surface area contributed by atoms with Crippen molar-refractivity contribution in [3.05, 3.63) is 52.0 Å². The van der Waals surface area contributed by atoms with E-state index in [-0.39, 0.29) is 11.9 Å². The fourth-order valence-corrected chi connectivity index (χ4v) is 2.52. The molecule has 1 aromatic carbocycles. The van der Waals surface area contributed by atoms with Crippen LogP contribution >= 0.6 is 15.9 Å². The number of halogens is 2. The molecule has 0 fully saturated rings. The van der Waals surface area contributed by atoms with Gasteiger partial charge in [0.25, 0.3) is 0 Å². The van der Waals surface area contributed by atoms with Crippen molar-refractivity contribution >= 4 is 15.9 Å². The molecule has 108 valence electrons. The molecule has 0 amide bonds. The molecular weight excluding hydrogens is 323 g/mol. The summed E-state index contributed by atoms with van der Waals surface area (Å²) in [5.74, 6) is 5.31. The second-order valence-electron chi connectivity index (χ2n) is 5.01. The quantitative estimate of drug-likeness (QED) is 0.649. The molecule has 2 aromatic rings. The molecule has 0 aliphatic rings. The summed E-state index contributed by atoms with van der Waals surface area (Å²) < 4.78 is 16.0. The van der Waals surface area contributed by atoms with Gasteiger partial charge in [-0.05, 0) is 43.7 Å². The van der Waals surface area contributed by atoms with Crippen LogP contribution in [0, 0.1) is 5.82 Å². The molecule has 20 heavy (non-hydrogen) atoms. The number of nitrogens with zero attached hydrogens (tertiary/aromatic N) is 2. The summed E-state index contributed by atoms with van der Waals surface area (Å²) in [4.78, 5) is 0. The van der Waals surface area contributed by atoms with Gasteiger partial charge < -0.3 is 0 Å². The van der Waals surface area contributed by atoms with Gasteiger partial charge in [0, 0.05) is 23.1 Å². The van der Waals surface area contributed by atoms with E-state index in [0.29, 0.717) is 16.9 Å². The largest absolute Gasteiger partial charge is 0.271 e. The summed E-state index contributed by atoms with van der Waals surface area (Å²) in [5, 5.41) is 4.48. The summed E-state index contributed by atoms with van der Waals surface area (Å²) >= 11 is 3.29. The van der Waals surface area contributed by atoms with Crippen molar-refractivity contribution in [3.8, 4) is 0 Å². The molecule has 0 aliphatic carbocycles. The summed E-state index contributed by atoms with van der Waals surface area (Å²) in [6, 6.07) is 6.85. The third kappa shape index (κ3) is 3.65. The minimum absolute atomic E-state index is 0.183. The lowest BCUT2D eigenvalue weighted by atomic mass is 10.0. The monoisotopic (exact) mass is 340 g/mol. The van der Waals surface area contributed by atoms with Crippen LogP contribution < -0.4 is 11.3 Å². The average Bonchev–Trinajstić information content (AvgIpc) is 2.83. The van der Waals surface area contributed by atoms with Gasteiger partial charge >= 0.3 is 0 Å². The number of benzene rings is 1. The van der Waals surface area contributed by atoms with Gasteiger partial charge in [-0.1, -0.05) is 15.9 Å². The van der Waals surface area contributed by atoms with Gasteiger partial charge in [0.15, 0.2) is 0 Å². The Morgan fingerprint density at radius 1 is 1.40 bits per heavy atom. The Morgan fingerprint density at radius 3 is 2.70 bits per heavy atom. The maximum Gasteiger partial charge on any atom is 0.124 e. The Labute approximate surface area is 126 Å². The average molecular weight is 341 g/mol. The number of aromatic nitrogens is 2. The first-order chi connectivity index (χ1) is 9.49. The van der Waals surface area contributed by atoms with Crippen LogP contribution in [-0.4, -0.2) is 9.78 Å². The number of nitrogens with one attached hydrogen (secondary N) is 1.